The highest BCUT2D eigenvalue weighted by Crippen LogP contribution is 2.21. The summed E-state index contributed by atoms with van der Waals surface area (Å²) in [5.41, 5.74) is 6.87. The van der Waals surface area contributed by atoms with Gasteiger partial charge in [-0.1, -0.05) is 12.2 Å². The first-order valence-electron chi connectivity index (χ1n) is 5.73. The van der Waals surface area contributed by atoms with Crippen molar-refractivity contribution in [2.24, 2.45) is 5.73 Å². The fourth-order valence-corrected chi connectivity index (χ4v) is 2.73. The highest BCUT2D eigenvalue weighted by Gasteiger charge is 2.16. The number of aromatic nitrogens is 1. The number of anilines is 1. The summed E-state index contributed by atoms with van der Waals surface area (Å²) in [5.74, 6) is -0.771. The molecule has 1 aromatic heterocycles. The lowest BCUT2D eigenvalue weighted by molar-refractivity contribution is 0.103. The summed E-state index contributed by atoms with van der Waals surface area (Å²) in [6.07, 6.45) is 0. The van der Waals surface area contributed by atoms with Crippen LogP contribution in [0.2, 0.25) is 0 Å². The van der Waals surface area contributed by atoms with Crippen LogP contribution in [-0.4, -0.2) is 15.9 Å². The Morgan fingerprint density at radius 2 is 2.15 bits per heavy atom. The predicted molar refractivity (Wildman–Crippen MR) is 81.8 cm³/mol. The molecule has 0 fully saturated rings. The van der Waals surface area contributed by atoms with Gasteiger partial charge in [-0.2, -0.15) is 0 Å². The molecule has 1 aromatic carbocycles. The number of halogens is 1. The molecule has 2 rings (SSSR count). The number of hydrogen-bond donors (Lipinski definition) is 2. The average Bonchev–Trinajstić information content (AvgIpc) is 2.70. The van der Waals surface area contributed by atoms with E-state index in [9.17, 15) is 9.18 Å². The van der Waals surface area contributed by atoms with Gasteiger partial charge in [0.05, 0.1) is 16.4 Å². The van der Waals surface area contributed by atoms with Crippen molar-refractivity contribution in [3.05, 3.63) is 45.2 Å². The van der Waals surface area contributed by atoms with Crippen molar-refractivity contribution in [3.63, 3.8) is 0 Å². The van der Waals surface area contributed by atoms with E-state index in [0.717, 1.165) is 5.01 Å². The summed E-state index contributed by atoms with van der Waals surface area (Å²) in [6, 6.07) is 3.87. The molecule has 0 atom stereocenters. The van der Waals surface area contributed by atoms with E-state index in [-0.39, 0.29) is 10.9 Å². The number of nitrogens with two attached hydrogens (primary N) is 1. The van der Waals surface area contributed by atoms with E-state index in [1.165, 1.54) is 29.5 Å². The molecule has 0 aliphatic carbocycles. The Morgan fingerprint density at radius 1 is 1.45 bits per heavy atom. The highest BCUT2D eigenvalue weighted by atomic mass is 32.1. The van der Waals surface area contributed by atoms with Gasteiger partial charge in [0.25, 0.3) is 5.91 Å². The van der Waals surface area contributed by atoms with E-state index >= 15 is 0 Å². The number of thiocarbonyl (C=S) groups is 1. The van der Waals surface area contributed by atoms with Crippen LogP contribution in [0, 0.1) is 19.7 Å². The molecule has 20 heavy (non-hydrogen) atoms. The van der Waals surface area contributed by atoms with Crippen LogP contribution in [0.15, 0.2) is 18.2 Å². The average molecular weight is 309 g/mol. The van der Waals surface area contributed by atoms with E-state index in [4.69, 9.17) is 18.0 Å². The molecule has 4 nitrogen and oxygen atoms in total. The molecule has 0 aliphatic rings. The van der Waals surface area contributed by atoms with Crippen molar-refractivity contribution in [3.8, 4) is 0 Å². The van der Waals surface area contributed by atoms with Crippen molar-refractivity contribution in [1.82, 2.24) is 4.98 Å². The predicted octanol–water partition coefficient (Wildman–Crippen LogP) is 2.79. The maximum atomic E-state index is 13.2. The third-order valence-electron chi connectivity index (χ3n) is 2.61. The zero-order valence-corrected chi connectivity index (χ0v) is 12.5. The van der Waals surface area contributed by atoms with Gasteiger partial charge in [-0.3, -0.25) is 4.79 Å². The van der Waals surface area contributed by atoms with Crippen LogP contribution in [0.4, 0.5) is 10.1 Å². The minimum atomic E-state index is -0.462. The number of amides is 1. The Balaban J connectivity index is 2.33. The Hall–Kier alpha value is -1.86. The van der Waals surface area contributed by atoms with Crippen molar-refractivity contribution in [1.29, 1.82) is 0 Å². The van der Waals surface area contributed by atoms with Gasteiger partial charge in [0, 0.05) is 5.56 Å². The van der Waals surface area contributed by atoms with E-state index in [2.05, 4.69) is 10.3 Å². The summed E-state index contributed by atoms with van der Waals surface area (Å²) in [4.78, 5) is 16.9. The van der Waals surface area contributed by atoms with E-state index in [1.807, 2.05) is 6.92 Å². The van der Waals surface area contributed by atoms with Gasteiger partial charge < -0.3 is 11.1 Å². The van der Waals surface area contributed by atoms with Crippen LogP contribution < -0.4 is 11.1 Å². The van der Waals surface area contributed by atoms with Gasteiger partial charge >= 0.3 is 0 Å². The van der Waals surface area contributed by atoms with Crippen LogP contribution in [0.5, 0.6) is 0 Å². The van der Waals surface area contributed by atoms with Crippen LogP contribution >= 0.6 is 23.6 Å². The SMILES string of the molecule is Cc1nc(C)c(C(=O)Nc2ccc(F)cc2C(N)=S)s1. The van der Waals surface area contributed by atoms with E-state index in [0.29, 0.717) is 21.8 Å². The molecule has 1 amide bonds. The number of carbonyl (C=O) groups excluding carboxylic acids is 1. The molecule has 0 spiro atoms. The van der Waals surface area contributed by atoms with Crippen LogP contribution in [0.1, 0.15) is 25.9 Å². The second kappa shape index (κ2) is 5.64. The number of hydrogen-bond acceptors (Lipinski definition) is 4. The second-order valence-electron chi connectivity index (χ2n) is 4.16. The third kappa shape index (κ3) is 3.00. The monoisotopic (exact) mass is 309 g/mol. The highest BCUT2D eigenvalue weighted by molar-refractivity contribution is 7.80. The number of nitrogens with one attached hydrogen (secondary N) is 1. The number of rotatable bonds is 3. The molecule has 0 radical (unpaired) electrons. The lowest BCUT2D eigenvalue weighted by Crippen LogP contribution is -2.17. The first kappa shape index (κ1) is 14.5. The molecular weight excluding hydrogens is 297 g/mol. The molecule has 104 valence electrons. The summed E-state index contributed by atoms with van der Waals surface area (Å²) in [6.45, 7) is 3.59. The third-order valence-corrected chi connectivity index (χ3v) is 3.90. The van der Waals surface area contributed by atoms with Gasteiger partial charge in [0.2, 0.25) is 0 Å². The Labute approximate surface area is 124 Å². The van der Waals surface area contributed by atoms with Gasteiger partial charge in [-0.15, -0.1) is 11.3 Å². The lowest BCUT2D eigenvalue weighted by Gasteiger charge is -2.09. The Kier molecular flexibility index (Phi) is 4.10. The maximum absolute atomic E-state index is 13.2. The summed E-state index contributed by atoms with van der Waals surface area (Å²) < 4.78 is 13.2. The minimum absolute atomic E-state index is 0.0250. The van der Waals surface area contributed by atoms with E-state index < -0.39 is 5.82 Å². The zero-order chi connectivity index (χ0) is 14.9. The topological polar surface area (TPSA) is 68.0 Å². The second-order valence-corrected chi connectivity index (χ2v) is 5.80. The molecule has 2 aromatic rings. The van der Waals surface area contributed by atoms with Gasteiger partial charge in [0.1, 0.15) is 15.7 Å². The van der Waals surface area contributed by atoms with Crippen LogP contribution in [0.25, 0.3) is 0 Å². The summed E-state index contributed by atoms with van der Waals surface area (Å²) in [5, 5.41) is 3.49. The quantitative estimate of drug-likeness (QED) is 0.856. The molecule has 0 saturated carbocycles. The number of aryl methyl sites for hydroxylation is 2. The van der Waals surface area contributed by atoms with Crippen molar-refractivity contribution < 1.29 is 9.18 Å². The standard InChI is InChI=1S/C13H12FN3OS2/c1-6-11(20-7(2)16-6)13(18)17-10-4-3-8(14)5-9(10)12(15)19/h3-5H,1-2H3,(H2,15,19)(H,17,18). The Morgan fingerprint density at radius 3 is 2.70 bits per heavy atom. The smallest absolute Gasteiger partial charge is 0.267 e. The molecule has 1 heterocycles. The van der Waals surface area contributed by atoms with Crippen LogP contribution in [0.3, 0.4) is 0 Å². The number of nitrogens with zero attached hydrogens (tertiary/aromatic N) is 1. The van der Waals surface area contributed by atoms with Gasteiger partial charge in [0.15, 0.2) is 0 Å². The molecule has 7 heteroatoms. The molecule has 0 unspecified atom stereocenters. The molecular formula is C13H12FN3OS2. The van der Waals surface area contributed by atoms with Gasteiger partial charge in [-0.05, 0) is 32.0 Å². The van der Waals surface area contributed by atoms with Crippen molar-refractivity contribution in [2.75, 3.05) is 5.32 Å². The van der Waals surface area contributed by atoms with E-state index in [1.54, 1.807) is 6.92 Å². The largest absolute Gasteiger partial charge is 0.389 e. The maximum Gasteiger partial charge on any atom is 0.267 e. The minimum Gasteiger partial charge on any atom is -0.389 e. The normalized spacial score (nSPS) is 10.3. The number of benzene rings is 1. The molecule has 0 bridgehead atoms. The van der Waals surface area contributed by atoms with Crippen molar-refractivity contribution in [2.45, 2.75) is 13.8 Å². The van der Waals surface area contributed by atoms with Gasteiger partial charge in [-0.25, -0.2) is 9.37 Å². The zero-order valence-electron chi connectivity index (χ0n) is 10.9. The van der Waals surface area contributed by atoms with Crippen molar-refractivity contribution >= 4 is 40.1 Å². The Bertz CT molecular complexity index is 697. The fraction of sp³-hybridized carbons (Fsp3) is 0.154. The molecule has 3 N–H and O–H groups in total. The lowest BCUT2D eigenvalue weighted by atomic mass is 10.1. The number of carbonyl (C=O) groups is 1. The first-order valence-corrected chi connectivity index (χ1v) is 6.95. The first-order chi connectivity index (χ1) is 9.38. The summed E-state index contributed by atoms with van der Waals surface area (Å²) >= 11 is 6.16. The summed E-state index contributed by atoms with van der Waals surface area (Å²) in [7, 11) is 0. The molecule has 0 aliphatic heterocycles. The number of thiazole rings is 1. The molecule has 0 saturated heterocycles. The fourth-order valence-electron chi connectivity index (χ4n) is 1.75. The van der Waals surface area contributed by atoms with Crippen LogP contribution in [-0.2, 0) is 0 Å².